The van der Waals surface area contributed by atoms with E-state index in [0.29, 0.717) is 24.5 Å². The summed E-state index contributed by atoms with van der Waals surface area (Å²) in [5.74, 6) is 1.12. The van der Waals surface area contributed by atoms with E-state index in [0.717, 1.165) is 11.1 Å². The molecule has 2 aromatic rings. The van der Waals surface area contributed by atoms with Crippen LogP contribution < -0.4 is 9.47 Å². The summed E-state index contributed by atoms with van der Waals surface area (Å²) in [6.07, 6.45) is 0.454. The molecule has 1 unspecified atom stereocenters. The zero-order valence-electron chi connectivity index (χ0n) is 14.4. The minimum absolute atomic E-state index is 0.0129. The molecule has 1 saturated heterocycles. The van der Waals surface area contributed by atoms with E-state index in [9.17, 15) is 9.50 Å². The topological polar surface area (TPSA) is 47.9 Å². The molecular formula is C20H23FO4. The number of benzene rings is 2. The molecule has 4 nitrogen and oxygen atoms in total. The Labute approximate surface area is 147 Å². The summed E-state index contributed by atoms with van der Waals surface area (Å²) in [4.78, 5) is 0. The molecule has 0 aromatic heterocycles. The van der Waals surface area contributed by atoms with Crippen LogP contribution in [0.3, 0.4) is 0 Å². The quantitative estimate of drug-likeness (QED) is 0.871. The van der Waals surface area contributed by atoms with Gasteiger partial charge < -0.3 is 19.3 Å². The summed E-state index contributed by atoms with van der Waals surface area (Å²) in [5, 5.41) is 9.92. The van der Waals surface area contributed by atoms with Gasteiger partial charge in [-0.15, -0.1) is 0 Å². The van der Waals surface area contributed by atoms with Crippen molar-refractivity contribution in [1.29, 1.82) is 0 Å². The molecule has 1 aliphatic rings. The maximum Gasteiger partial charge on any atom is 0.161 e. The van der Waals surface area contributed by atoms with Crippen LogP contribution in [-0.4, -0.2) is 32.5 Å². The van der Waals surface area contributed by atoms with Crippen molar-refractivity contribution in [3.63, 3.8) is 0 Å². The fraction of sp³-hybridized carbons (Fsp3) is 0.400. The third kappa shape index (κ3) is 3.78. The van der Waals surface area contributed by atoms with E-state index in [4.69, 9.17) is 14.2 Å². The summed E-state index contributed by atoms with van der Waals surface area (Å²) in [5.41, 5.74) is 1.86. The fourth-order valence-electron chi connectivity index (χ4n) is 3.52. The molecule has 1 aliphatic heterocycles. The van der Waals surface area contributed by atoms with Crippen LogP contribution in [0.4, 0.5) is 4.39 Å². The van der Waals surface area contributed by atoms with Gasteiger partial charge in [-0.3, -0.25) is 0 Å². The molecule has 5 heteroatoms. The largest absolute Gasteiger partial charge is 0.493 e. The lowest BCUT2D eigenvalue weighted by molar-refractivity contribution is 0.0717. The van der Waals surface area contributed by atoms with Gasteiger partial charge >= 0.3 is 0 Å². The van der Waals surface area contributed by atoms with E-state index in [1.807, 2.05) is 24.3 Å². The number of aliphatic hydroxyl groups is 1. The maximum atomic E-state index is 13.4. The normalized spacial score (nSPS) is 22.8. The van der Waals surface area contributed by atoms with Crippen molar-refractivity contribution >= 4 is 0 Å². The van der Waals surface area contributed by atoms with E-state index in [1.54, 1.807) is 20.3 Å². The number of halogens is 1. The average molecular weight is 346 g/mol. The van der Waals surface area contributed by atoms with Crippen molar-refractivity contribution in [3.8, 4) is 11.5 Å². The van der Waals surface area contributed by atoms with Gasteiger partial charge in [0.15, 0.2) is 11.5 Å². The first-order valence-electron chi connectivity index (χ1n) is 8.35. The van der Waals surface area contributed by atoms with Gasteiger partial charge in [-0.05, 0) is 47.7 Å². The number of ether oxygens (including phenoxy) is 3. The highest BCUT2D eigenvalue weighted by Gasteiger charge is 2.38. The van der Waals surface area contributed by atoms with Crippen molar-refractivity contribution in [2.45, 2.75) is 12.5 Å². The lowest BCUT2D eigenvalue weighted by Crippen LogP contribution is -2.21. The highest BCUT2D eigenvalue weighted by atomic mass is 19.1. The average Bonchev–Trinajstić information content (AvgIpc) is 3.03. The molecule has 0 amide bonds. The first kappa shape index (κ1) is 17.7. The molecule has 0 aliphatic carbocycles. The van der Waals surface area contributed by atoms with Crippen molar-refractivity contribution < 1.29 is 23.7 Å². The molecule has 3 rings (SSSR count). The predicted molar refractivity (Wildman–Crippen MR) is 92.4 cm³/mol. The number of rotatable bonds is 6. The summed E-state index contributed by atoms with van der Waals surface area (Å²) < 4.78 is 30.0. The van der Waals surface area contributed by atoms with E-state index in [2.05, 4.69) is 0 Å². The van der Waals surface area contributed by atoms with Crippen LogP contribution in [0.2, 0.25) is 0 Å². The predicted octanol–water partition coefficient (Wildman–Crippen LogP) is 3.38. The van der Waals surface area contributed by atoms with Gasteiger partial charge in [0.2, 0.25) is 0 Å². The summed E-state index contributed by atoms with van der Waals surface area (Å²) >= 11 is 0. The van der Waals surface area contributed by atoms with Gasteiger partial charge in [0.1, 0.15) is 5.82 Å². The summed E-state index contributed by atoms with van der Waals surface area (Å²) in [7, 11) is 3.18. The number of methoxy groups -OCH3 is 2. The number of hydrogen-bond donors (Lipinski definition) is 1. The molecule has 0 radical (unpaired) electrons. The van der Waals surface area contributed by atoms with Gasteiger partial charge in [-0.25, -0.2) is 4.39 Å². The molecule has 25 heavy (non-hydrogen) atoms. The smallest absolute Gasteiger partial charge is 0.161 e. The molecule has 1 N–H and O–H groups in total. The second kappa shape index (κ2) is 7.85. The Kier molecular flexibility index (Phi) is 5.56. The second-order valence-corrected chi connectivity index (χ2v) is 6.31. The lowest BCUT2D eigenvalue weighted by Gasteiger charge is -2.22. The Morgan fingerprint density at radius 1 is 1.12 bits per heavy atom. The van der Waals surface area contributed by atoms with Crippen LogP contribution in [-0.2, 0) is 11.2 Å². The summed E-state index contributed by atoms with van der Waals surface area (Å²) in [6.45, 7) is 0.541. The first-order valence-corrected chi connectivity index (χ1v) is 8.35. The van der Waals surface area contributed by atoms with Crippen LogP contribution in [0.5, 0.6) is 11.5 Å². The van der Waals surface area contributed by atoms with E-state index in [1.165, 1.54) is 12.1 Å². The van der Waals surface area contributed by atoms with E-state index < -0.39 is 0 Å². The molecule has 1 fully saturated rings. The molecule has 1 heterocycles. The molecule has 0 bridgehead atoms. The molecule has 3 atom stereocenters. The van der Waals surface area contributed by atoms with Crippen LogP contribution in [0, 0.1) is 17.7 Å². The molecule has 0 saturated carbocycles. The van der Waals surface area contributed by atoms with E-state index in [-0.39, 0.29) is 30.4 Å². The van der Waals surface area contributed by atoms with Gasteiger partial charge in [-0.1, -0.05) is 18.2 Å². The zero-order chi connectivity index (χ0) is 17.8. The minimum Gasteiger partial charge on any atom is -0.493 e. The van der Waals surface area contributed by atoms with Crippen LogP contribution in [0.1, 0.15) is 17.2 Å². The first-order chi connectivity index (χ1) is 12.2. The molecular weight excluding hydrogens is 323 g/mol. The van der Waals surface area contributed by atoms with E-state index >= 15 is 0 Å². The summed E-state index contributed by atoms with van der Waals surface area (Å²) in [6, 6.07) is 12.2. The van der Waals surface area contributed by atoms with Gasteiger partial charge in [0, 0.05) is 12.5 Å². The van der Waals surface area contributed by atoms with Crippen molar-refractivity contribution in [2.75, 3.05) is 27.4 Å². The van der Waals surface area contributed by atoms with Crippen molar-refractivity contribution in [1.82, 2.24) is 0 Å². The second-order valence-electron chi connectivity index (χ2n) is 6.31. The zero-order valence-corrected chi connectivity index (χ0v) is 14.4. The van der Waals surface area contributed by atoms with Gasteiger partial charge in [-0.2, -0.15) is 0 Å². The number of hydrogen-bond acceptors (Lipinski definition) is 4. The molecule has 2 aromatic carbocycles. The molecule has 0 spiro atoms. The lowest BCUT2D eigenvalue weighted by atomic mass is 9.84. The van der Waals surface area contributed by atoms with Gasteiger partial charge in [0.05, 0.1) is 26.9 Å². The minimum atomic E-state index is -0.242. The van der Waals surface area contributed by atoms with Crippen molar-refractivity contribution in [2.24, 2.45) is 11.8 Å². The van der Waals surface area contributed by atoms with Gasteiger partial charge in [0.25, 0.3) is 0 Å². The Hall–Kier alpha value is -2.11. The molecule has 134 valence electrons. The fourth-order valence-corrected chi connectivity index (χ4v) is 3.52. The Balaban J connectivity index is 1.79. The van der Waals surface area contributed by atoms with Crippen LogP contribution >= 0.6 is 0 Å². The van der Waals surface area contributed by atoms with Crippen LogP contribution in [0.25, 0.3) is 0 Å². The number of aliphatic hydroxyl groups excluding tert-OH is 1. The Morgan fingerprint density at radius 2 is 1.92 bits per heavy atom. The highest BCUT2D eigenvalue weighted by Crippen LogP contribution is 2.42. The highest BCUT2D eigenvalue weighted by molar-refractivity contribution is 5.43. The third-order valence-corrected chi connectivity index (χ3v) is 4.82. The van der Waals surface area contributed by atoms with Crippen molar-refractivity contribution in [3.05, 3.63) is 59.4 Å². The Morgan fingerprint density at radius 3 is 2.60 bits per heavy atom. The standard InChI is InChI=1S/C20H23FO4/c1-23-18-7-6-14(10-19(18)24-2)20-17(11-22)15(12-25-20)8-13-4-3-5-16(21)9-13/h3-7,9-10,15,17,20,22H,8,11-12H2,1-2H3/t15-,17-,20?/m0/s1. The Bertz CT molecular complexity index is 719. The SMILES string of the molecule is COc1ccc(C2OC[C@H](Cc3cccc(F)c3)[C@@H]2CO)cc1OC. The third-order valence-electron chi connectivity index (χ3n) is 4.82. The van der Waals surface area contributed by atoms with Crippen LogP contribution in [0.15, 0.2) is 42.5 Å². The maximum absolute atomic E-state index is 13.4. The monoisotopic (exact) mass is 346 g/mol.